The molecular weight excluding hydrogens is 208 g/mol. The molecule has 90 valence electrons. The monoisotopic (exact) mass is 226 g/mol. The number of hydrogen-bond acceptors (Lipinski definition) is 4. The highest BCUT2D eigenvalue weighted by atomic mass is 16.4. The van der Waals surface area contributed by atoms with Crippen LogP contribution in [0.5, 0.6) is 0 Å². The molecule has 1 rings (SSSR count). The highest BCUT2D eigenvalue weighted by molar-refractivity contribution is 5.66. The predicted octanol–water partition coefficient (Wildman–Crippen LogP) is 0.424. The highest BCUT2D eigenvalue weighted by Gasteiger charge is 2.01. The minimum absolute atomic E-state index is 0.224. The number of carboxylic acids is 1. The molecule has 0 spiro atoms. The molecule has 1 aromatic rings. The summed E-state index contributed by atoms with van der Waals surface area (Å²) in [5.41, 5.74) is 6.31. The van der Waals surface area contributed by atoms with Crippen molar-refractivity contribution < 1.29 is 9.90 Å². The third-order valence-electron chi connectivity index (χ3n) is 2.25. The van der Waals surface area contributed by atoms with Crippen molar-refractivity contribution in [1.82, 2.24) is 15.0 Å². The number of carbonyl (C=O) groups is 1. The second-order valence-corrected chi connectivity index (χ2v) is 3.72. The van der Waals surface area contributed by atoms with Gasteiger partial charge in [-0.2, -0.15) is 0 Å². The van der Waals surface area contributed by atoms with Crippen LogP contribution in [0.4, 0.5) is 0 Å². The van der Waals surface area contributed by atoms with Gasteiger partial charge in [0.15, 0.2) is 0 Å². The lowest BCUT2D eigenvalue weighted by atomic mass is 10.1. The molecule has 1 heterocycles. The first-order valence-electron chi connectivity index (χ1n) is 5.53. The summed E-state index contributed by atoms with van der Waals surface area (Å²) in [4.78, 5) is 10.3. The number of unbranched alkanes of at least 4 members (excludes halogenated alkanes) is 1. The Morgan fingerprint density at radius 3 is 2.94 bits per heavy atom. The lowest BCUT2D eigenvalue weighted by molar-refractivity contribution is -0.137. The van der Waals surface area contributed by atoms with E-state index >= 15 is 0 Å². The van der Waals surface area contributed by atoms with Gasteiger partial charge in [0.1, 0.15) is 0 Å². The molecule has 0 radical (unpaired) electrons. The fraction of sp³-hybridized carbons (Fsp3) is 0.700. The minimum atomic E-state index is -0.744. The molecule has 16 heavy (non-hydrogen) atoms. The Bertz CT molecular complexity index is 324. The second kappa shape index (κ2) is 6.95. The van der Waals surface area contributed by atoms with Crippen molar-refractivity contribution in [3.8, 4) is 0 Å². The van der Waals surface area contributed by atoms with Gasteiger partial charge in [0.05, 0.1) is 5.69 Å². The zero-order valence-electron chi connectivity index (χ0n) is 9.30. The van der Waals surface area contributed by atoms with E-state index in [1.165, 1.54) is 0 Å². The summed E-state index contributed by atoms with van der Waals surface area (Å²) in [6.07, 6.45) is 5.32. The van der Waals surface area contributed by atoms with Gasteiger partial charge in [-0.25, -0.2) is 0 Å². The van der Waals surface area contributed by atoms with E-state index in [1.807, 2.05) is 6.20 Å². The van der Waals surface area contributed by atoms with Gasteiger partial charge < -0.3 is 10.8 Å². The van der Waals surface area contributed by atoms with Crippen molar-refractivity contribution in [3.05, 3.63) is 11.9 Å². The van der Waals surface area contributed by atoms with Crippen LogP contribution >= 0.6 is 0 Å². The zero-order chi connectivity index (χ0) is 11.8. The first kappa shape index (κ1) is 12.6. The van der Waals surface area contributed by atoms with Crippen LogP contribution in [0.2, 0.25) is 0 Å². The molecule has 0 aliphatic carbocycles. The van der Waals surface area contributed by atoms with E-state index in [2.05, 4.69) is 10.3 Å². The molecule has 1 aromatic heterocycles. The number of rotatable bonds is 8. The largest absolute Gasteiger partial charge is 0.481 e. The molecule has 0 atom stereocenters. The van der Waals surface area contributed by atoms with Crippen LogP contribution in [-0.2, 0) is 17.8 Å². The number of nitrogens with two attached hydrogens (primary N) is 1. The van der Waals surface area contributed by atoms with Crippen molar-refractivity contribution in [2.45, 2.75) is 38.6 Å². The maximum absolute atomic E-state index is 10.3. The van der Waals surface area contributed by atoms with Crippen LogP contribution in [0.25, 0.3) is 0 Å². The van der Waals surface area contributed by atoms with Gasteiger partial charge >= 0.3 is 5.97 Å². The fourth-order valence-electron chi connectivity index (χ4n) is 1.40. The molecule has 0 aliphatic heterocycles. The summed E-state index contributed by atoms with van der Waals surface area (Å²) in [6, 6.07) is 0. The fourth-order valence-corrected chi connectivity index (χ4v) is 1.40. The van der Waals surface area contributed by atoms with Gasteiger partial charge in [-0.3, -0.25) is 9.48 Å². The van der Waals surface area contributed by atoms with Crippen molar-refractivity contribution >= 4 is 5.97 Å². The molecule has 0 unspecified atom stereocenters. The van der Waals surface area contributed by atoms with Crippen LogP contribution < -0.4 is 5.73 Å². The highest BCUT2D eigenvalue weighted by Crippen LogP contribution is 2.03. The van der Waals surface area contributed by atoms with Gasteiger partial charge in [0.2, 0.25) is 0 Å². The average Bonchev–Trinajstić information content (AvgIpc) is 2.69. The summed E-state index contributed by atoms with van der Waals surface area (Å²) in [6.45, 7) is 1.44. The molecule has 6 heteroatoms. The maximum Gasteiger partial charge on any atom is 0.303 e. The van der Waals surface area contributed by atoms with E-state index in [9.17, 15) is 4.79 Å². The van der Waals surface area contributed by atoms with Crippen LogP contribution in [0.1, 0.15) is 31.4 Å². The van der Waals surface area contributed by atoms with Crippen LogP contribution in [-0.4, -0.2) is 32.6 Å². The molecule has 0 fully saturated rings. The van der Waals surface area contributed by atoms with Crippen molar-refractivity contribution in [1.29, 1.82) is 0 Å². The summed E-state index contributed by atoms with van der Waals surface area (Å²) in [5, 5.41) is 16.4. The molecule has 0 aromatic carbocycles. The lowest BCUT2D eigenvalue weighted by Crippen LogP contribution is -2.06. The van der Waals surface area contributed by atoms with Crippen LogP contribution in [0.15, 0.2) is 6.20 Å². The first-order valence-corrected chi connectivity index (χ1v) is 5.53. The Morgan fingerprint density at radius 2 is 2.25 bits per heavy atom. The predicted molar refractivity (Wildman–Crippen MR) is 58.9 cm³/mol. The molecule has 0 bridgehead atoms. The van der Waals surface area contributed by atoms with E-state index in [0.29, 0.717) is 13.0 Å². The zero-order valence-corrected chi connectivity index (χ0v) is 9.30. The molecule has 0 saturated heterocycles. The standard InChI is InChI=1S/C10H18N4O2/c11-6-3-7-14-8-9(12-13-14)4-1-2-5-10(15)16/h8H,1-7,11H2,(H,15,16). The number of aryl methyl sites for hydroxylation is 2. The molecule has 6 nitrogen and oxygen atoms in total. The number of nitrogens with zero attached hydrogens (tertiary/aromatic N) is 3. The maximum atomic E-state index is 10.3. The summed E-state index contributed by atoms with van der Waals surface area (Å²) in [7, 11) is 0. The molecular formula is C10H18N4O2. The molecule has 0 aliphatic rings. The number of carboxylic acid groups (broad SMARTS) is 1. The normalized spacial score (nSPS) is 10.6. The Morgan fingerprint density at radius 1 is 1.44 bits per heavy atom. The van der Waals surface area contributed by atoms with Crippen molar-refractivity contribution in [2.75, 3.05) is 6.54 Å². The minimum Gasteiger partial charge on any atom is -0.481 e. The third kappa shape index (κ3) is 4.88. The van der Waals surface area contributed by atoms with E-state index in [4.69, 9.17) is 10.8 Å². The van der Waals surface area contributed by atoms with Gasteiger partial charge in [0.25, 0.3) is 0 Å². The summed E-state index contributed by atoms with van der Waals surface area (Å²) < 4.78 is 1.78. The lowest BCUT2D eigenvalue weighted by Gasteiger charge is -1.96. The van der Waals surface area contributed by atoms with E-state index in [-0.39, 0.29) is 6.42 Å². The summed E-state index contributed by atoms with van der Waals surface area (Å²) in [5.74, 6) is -0.744. The second-order valence-electron chi connectivity index (χ2n) is 3.72. The van der Waals surface area contributed by atoms with E-state index in [0.717, 1.165) is 31.5 Å². The number of hydrogen-bond donors (Lipinski definition) is 2. The Balaban J connectivity index is 2.21. The number of aliphatic carboxylic acids is 1. The van der Waals surface area contributed by atoms with Crippen LogP contribution in [0.3, 0.4) is 0 Å². The summed E-state index contributed by atoms with van der Waals surface area (Å²) >= 11 is 0. The first-order chi connectivity index (χ1) is 7.72. The SMILES string of the molecule is NCCCn1cc(CCCCC(=O)O)nn1. The molecule has 0 amide bonds. The Labute approximate surface area is 94.4 Å². The van der Waals surface area contributed by atoms with E-state index < -0.39 is 5.97 Å². The smallest absolute Gasteiger partial charge is 0.303 e. The third-order valence-corrected chi connectivity index (χ3v) is 2.25. The van der Waals surface area contributed by atoms with Gasteiger partial charge in [0, 0.05) is 19.2 Å². The average molecular weight is 226 g/mol. The van der Waals surface area contributed by atoms with Gasteiger partial charge in [-0.1, -0.05) is 5.21 Å². The van der Waals surface area contributed by atoms with Crippen LogP contribution in [0, 0.1) is 0 Å². The molecule has 0 saturated carbocycles. The van der Waals surface area contributed by atoms with E-state index in [1.54, 1.807) is 4.68 Å². The van der Waals surface area contributed by atoms with Gasteiger partial charge in [-0.15, -0.1) is 5.10 Å². The Kier molecular flexibility index (Phi) is 5.49. The van der Waals surface area contributed by atoms with Gasteiger partial charge in [-0.05, 0) is 32.2 Å². The quantitative estimate of drug-likeness (QED) is 0.627. The van der Waals surface area contributed by atoms with Crippen molar-refractivity contribution in [2.24, 2.45) is 5.73 Å². The molecule has 3 N–H and O–H groups in total. The topological polar surface area (TPSA) is 94.0 Å². The number of aromatic nitrogens is 3. The van der Waals surface area contributed by atoms with Crippen molar-refractivity contribution in [3.63, 3.8) is 0 Å². The Hall–Kier alpha value is -1.43.